The molecule has 3 rings (SSSR count). The summed E-state index contributed by atoms with van der Waals surface area (Å²) in [6.45, 7) is -2.99. The SMILES string of the molecule is Cc1ccc(NS(=O)(=O)c2cc([N+](=O)[O-])ccc2N/N=C\c2ccc(OC(F)F)cc2OC(F)F)c(C)c1. The van der Waals surface area contributed by atoms with Crippen LogP contribution in [0.4, 0.5) is 34.6 Å². The number of benzene rings is 3. The lowest BCUT2D eigenvalue weighted by Gasteiger charge is -2.14. The predicted molar refractivity (Wildman–Crippen MR) is 131 cm³/mol. The number of hydrogen-bond donors (Lipinski definition) is 2. The summed E-state index contributed by atoms with van der Waals surface area (Å²) >= 11 is 0. The Morgan fingerprint density at radius 3 is 2.26 bits per heavy atom. The van der Waals surface area contributed by atoms with Gasteiger partial charge in [-0.3, -0.25) is 20.3 Å². The molecule has 0 spiro atoms. The average Bonchev–Trinajstić information content (AvgIpc) is 2.81. The van der Waals surface area contributed by atoms with Gasteiger partial charge in [0.2, 0.25) is 0 Å². The Kier molecular flexibility index (Phi) is 8.72. The van der Waals surface area contributed by atoms with E-state index in [0.717, 1.165) is 48.2 Å². The molecule has 0 unspecified atom stereocenters. The largest absolute Gasteiger partial charge is 0.435 e. The third kappa shape index (κ3) is 7.32. The number of anilines is 2. The summed E-state index contributed by atoms with van der Waals surface area (Å²) in [6, 6.07) is 10.9. The molecule has 10 nitrogen and oxygen atoms in total. The van der Waals surface area contributed by atoms with Crippen molar-refractivity contribution in [3.8, 4) is 11.5 Å². The number of sulfonamides is 1. The molecule has 0 aliphatic rings. The first-order valence-electron chi connectivity index (χ1n) is 10.6. The van der Waals surface area contributed by atoms with Crippen LogP contribution in [0.5, 0.6) is 11.5 Å². The summed E-state index contributed by atoms with van der Waals surface area (Å²) in [6.07, 6.45) is 0.958. The van der Waals surface area contributed by atoms with Crippen LogP contribution in [0.25, 0.3) is 0 Å². The lowest BCUT2D eigenvalue weighted by atomic mass is 10.1. The van der Waals surface area contributed by atoms with Crippen molar-refractivity contribution < 1.29 is 40.4 Å². The molecule has 0 heterocycles. The summed E-state index contributed by atoms with van der Waals surface area (Å²) < 4.78 is 87.7. The van der Waals surface area contributed by atoms with Gasteiger partial charge in [-0.1, -0.05) is 17.7 Å². The Labute approximate surface area is 214 Å². The predicted octanol–water partition coefficient (Wildman–Crippen LogP) is 5.66. The molecule has 2 N–H and O–H groups in total. The van der Waals surface area contributed by atoms with Crippen molar-refractivity contribution in [3.63, 3.8) is 0 Å². The van der Waals surface area contributed by atoms with E-state index in [0.29, 0.717) is 5.56 Å². The topological polar surface area (TPSA) is 132 Å². The number of aryl methyl sites for hydroxylation is 2. The third-order valence-electron chi connectivity index (χ3n) is 4.91. The zero-order valence-electron chi connectivity index (χ0n) is 19.7. The summed E-state index contributed by atoms with van der Waals surface area (Å²) in [4.78, 5) is 9.97. The van der Waals surface area contributed by atoms with Crippen molar-refractivity contribution >= 4 is 33.3 Å². The van der Waals surface area contributed by atoms with Gasteiger partial charge in [0.15, 0.2) is 0 Å². The van der Waals surface area contributed by atoms with Crippen molar-refractivity contribution in [1.29, 1.82) is 0 Å². The Balaban J connectivity index is 1.95. The maximum Gasteiger partial charge on any atom is 0.387 e. The normalized spacial score (nSPS) is 11.7. The molecular weight excluding hydrogens is 536 g/mol. The number of nitrogens with one attached hydrogen (secondary N) is 2. The summed E-state index contributed by atoms with van der Waals surface area (Å²) in [5.74, 6) is -0.987. The van der Waals surface area contributed by atoms with E-state index in [-0.39, 0.29) is 16.9 Å². The number of hydrogen-bond acceptors (Lipinski definition) is 8. The maximum absolute atomic E-state index is 13.2. The van der Waals surface area contributed by atoms with Gasteiger partial charge in [0, 0.05) is 23.8 Å². The highest BCUT2D eigenvalue weighted by Gasteiger charge is 2.23. The van der Waals surface area contributed by atoms with Crippen LogP contribution in [0, 0.1) is 24.0 Å². The van der Waals surface area contributed by atoms with Crippen molar-refractivity contribution in [2.75, 3.05) is 10.1 Å². The summed E-state index contributed by atoms with van der Waals surface area (Å²) in [7, 11) is -4.37. The van der Waals surface area contributed by atoms with Crippen molar-refractivity contribution in [1.82, 2.24) is 0 Å². The molecule has 0 aliphatic heterocycles. The van der Waals surface area contributed by atoms with Crippen LogP contribution in [0.1, 0.15) is 16.7 Å². The lowest BCUT2D eigenvalue weighted by Crippen LogP contribution is -2.16. The van der Waals surface area contributed by atoms with Gasteiger partial charge >= 0.3 is 13.2 Å². The zero-order chi connectivity index (χ0) is 28.0. The number of non-ortho nitro benzene ring substituents is 1. The molecular formula is C23H20F4N4O6S. The molecule has 38 heavy (non-hydrogen) atoms. The number of rotatable bonds is 11. The van der Waals surface area contributed by atoms with Gasteiger partial charge < -0.3 is 9.47 Å². The van der Waals surface area contributed by atoms with Gasteiger partial charge in [0.25, 0.3) is 15.7 Å². The van der Waals surface area contributed by atoms with Gasteiger partial charge in [-0.25, -0.2) is 8.42 Å². The number of halogens is 4. The standard InChI is InChI=1S/C23H20F4N4O6S/c1-13-3-7-18(14(2)9-13)30-38(34,35)21-10-16(31(32)33)5-8-19(21)29-28-12-15-4-6-17(36-22(24)25)11-20(15)37-23(26)27/h3-12,22-23,29-30H,1-2H3/b28-12-. The van der Waals surface area contributed by atoms with Crippen LogP contribution in [-0.2, 0) is 10.0 Å². The smallest absolute Gasteiger partial charge is 0.387 e. The number of hydrazone groups is 1. The number of nitro benzene ring substituents is 1. The van der Waals surface area contributed by atoms with Crippen LogP contribution in [0.3, 0.4) is 0 Å². The molecule has 202 valence electrons. The molecule has 0 fully saturated rings. The van der Waals surface area contributed by atoms with E-state index in [1.807, 2.05) is 6.92 Å². The number of alkyl halides is 4. The second-order valence-corrected chi connectivity index (χ2v) is 9.34. The molecule has 0 radical (unpaired) electrons. The first-order valence-corrected chi connectivity index (χ1v) is 12.1. The van der Waals surface area contributed by atoms with E-state index in [2.05, 4.69) is 24.7 Å². The number of nitro groups is 1. The van der Waals surface area contributed by atoms with E-state index in [1.54, 1.807) is 19.1 Å². The van der Waals surface area contributed by atoms with Crippen LogP contribution in [0.15, 0.2) is 64.6 Å². The summed E-state index contributed by atoms with van der Waals surface area (Å²) in [5.41, 5.74) is 3.36. The van der Waals surface area contributed by atoms with Gasteiger partial charge in [-0.2, -0.15) is 22.7 Å². The molecule has 0 atom stereocenters. The van der Waals surface area contributed by atoms with Crippen LogP contribution in [0.2, 0.25) is 0 Å². The van der Waals surface area contributed by atoms with Crippen LogP contribution in [-0.4, -0.2) is 32.8 Å². The molecule has 0 saturated heterocycles. The van der Waals surface area contributed by atoms with E-state index in [4.69, 9.17) is 0 Å². The van der Waals surface area contributed by atoms with E-state index < -0.39 is 50.3 Å². The van der Waals surface area contributed by atoms with E-state index >= 15 is 0 Å². The molecule has 3 aromatic rings. The third-order valence-corrected chi connectivity index (χ3v) is 6.31. The minimum absolute atomic E-state index is 0.0980. The van der Waals surface area contributed by atoms with Crippen molar-refractivity contribution in [2.45, 2.75) is 32.0 Å². The van der Waals surface area contributed by atoms with E-state index in [9.17, 15) is 36.1 Å². The molecule has 0 saturated carbocycles. The van der Waals surface area contributed by atoms with Gasteiger partial charge in [-0.05, 0) is 43.7 Å². The molecule has 3 aromatic carbocycles. The Morgan fingerprint density at radius 1 is 0.947 bits per heavy atom. The molecule has 0 bridgehead atoms. The Bertz CT molecular complexity index is 1470. The fourth-order valence-electron chi connectivity index (χ4n) is 3.23. The van der Waals surface area contributed by atoms with Crippen molar-refractivity contribution in [3.05, 3.63) is 81.4 Å². The van der Waals surface area contributed by atoms with E-state index in [1.165, 1.54) is 6.07 Å². The summed E-state index contributed by atoms with van der Waals surface area (Å²) in [5, 5.41) is 15.1. The minimum Gasteiger partial charge on any atom is -0.435 e. The van der Waals surface area contributed by atoms with Gasteiger partial charge in [0.1, 0.15) is 16.4 Å². The quantitative estimate of drug-likeness (QED) is 0.135. The van der Waals surface area contributed by atoms with Crippen LogP contribution >= 0.6 is 0 Å². The van der Waals surface area contributed by atoms with Crippen LogP contribution < -0.4 is 19.6 Å². The maximum atomic E-state index is 13.2. The minimum atomic E-state index is -4.37. The zero-order valence-corrected chi connectivity index (χ0v) is 20.5. The number of nitrogens with zero attached hydrogens (tertiary/aromatic N) is 2. The molecule has 0 amide bonds. The first kappa shape index (κ1) is 28.2. The fraction of sp³-hybridized carbons (Fsp3) is 0.174. The molecule has 0 aliphatic carbocycles. The lowest BCUT2D eigenvalue weighted by molar-refractivity contribution is -0.385. The Hall–Kier alpha value is -4.40. The highest BCUT2D eigenvalue weighted by molar-refractivity contribution is 7.92. The van der Waals surface area contributed by atoms with Gasteiger partial charge in [0.05, 0.1) is 22.5 Å². The molecule has 15 heteroatoms. The second-order valence-electron chi connectivity index (χ2n) is 7.69. The average molecular weight is 556 g/mol. The highest BCUT2D eigenvalue weighted by Crippen LogP contribution is 2.30. The monoisotopic (exact) mass is 556 g/mol. The highest BCUT2D eigenvalue weighted by atomic mass is 32.2. The molecule has 0 aromatic heterocycles. The fourth-order valence-corrected chi connectivity index (χ4v) is 4.54. The van der Waals surface area contributed by atoms with Crippen molar-refractivity contribution in [2.24, 2.45) is 5.10 Å². The first-order chi connectivity index (χ1) is 17.9. The Morgan fingerprint density at radius 2 is 1.63 bits per heavy atom. The number of ether oxygens (including phenoxy) is 2. The second kappa shape index (κ2) is 11.8. The van der Waals surface area contributed by atoms with Gasteiger partial charge in [-0.15, -0.1) is 0 Å².